The molecule has 1 nitrogen and oxygen atoms in total. The number of hydrogen-bond acceptors (Lipinski definition) is 1. The summed E-state index contributed by atoms with van der Waals surface area (Å²) in [6, 6.07) is 71.8. The summed E-state index contributed by atoms with van der Waals surface area (Å²) in [5.74, 6) is 0. The van der Waals surface area contributed by atoms with E-state index in [-0.39, 0.29) is 0 Å². The van der Waals surface area contributed by atoms with Crippen molar-refractivity contribution >= 4 is 27.8 Å². The smallest absolute Gasteiger partial charge is 0.0462 e. The molecule has 0 bridgehead atoms. The van der Waals surface area contributed by atoms with Crippen molar-refractivity contribution in [2.75, 3.05) is 4.90 Å². The fourth-order valence-electron chi connectivity index (χ4n) is 6.44. The van der Waals surface area contributed by atoms with Gasteiger partial charge in [0.2, 0.25) is 0 Å². The summed E-state index contributed by atoms with van der Waals surface area (Å²) in [6.45, 7) is 0. The molecule has 0 saturated carbocycles. The lowest BCUT2D eigenvalue weighted by atomic mass is 9.95. The van der Waals surface area contributed by atoms with Gasteiger partial charge < -0.3 is 4.90 Å². The normalized spacial score (nSPS) is 11.0. The number of hydrogen-bond donors (Lipinski definition) is 0. The van der Waals surface area contributed by atoms with Crippen LogP contribution in [0.25, 0.3) is 55.3 Å². The number of nitrogens with zero attached hydrogens (tertiary/aromatic N) is 1. The maximum atomic E-state index is 2.33. The van der Waals surface area contributed by atoms with E-state index in [1.54, 1.807) is 0 Å². The van der Waals surface area contributed by atoms with Gasteiger partial charge >= 0.3 is 0 Å². The first-order valence-corrected chi connectivity index (χ1v) is 16.1. The third-order valence-corrected chi connectivity index (χ3v) is 8.89. The van der Waals surface area contributed by atoms with Crippen LogP contribution >= 0.6 is 0 Å². The average molecular weight is 600 g/mol. The van der Waals surface area contributed by atoms with E-state index in [2.05, 4.69) is 205 Å². The molecule has 222 valence electrons. The zero-order valence-electron chi connectivity index (χ0n) is 26.0. The minimum absolute atomic E-state index is 1.11. The molecule has 0 aliphatic rings. The third-order valence-electron chi connectivity index (χ3n) is 8.89. The predicted octanol–water partition coefficient (Wildman–Crippen LogP) is 13.0. The fraction of sp³-hybridized carbons (Fsp3) is 0. The van der Waals surface area contributed by atoms with E-state index >= 15 is 0 Å². The van der Waals surface area contributed by atoms with Crippen molar-refractivity contribution in [2.24, 2.45) is 0 Å². The first kappa shape index (κ1) is 28.3. The second-order valence-electron chi connectivity index (χ2n) is 11.8. The molecule has 8 aromatic rings. The Balaban J connectivity index is 1.17. The molecule has 0 N–H and O–H groups in total. The van der Waals surface area contributed by atoms with Gasteiger partial charge in [0, 0.05) is 17.1 Å². The monoisotopic (exact) mass is 599 g/mol. The van der Waals surface area contributed by atoms with Crippen molar-refractivity contribution in [2.45, 2.75) is 0 Å². The summed E-state index contributed by atoms with van der Waals surface area (Å²) in [5.41, 5.74) is 13.1. The zero-order chi connectivity index (χ0) is 31.4. The van der Waals surface area contributed by atoms with Gasteiger partial charge in [0.1, 0.15) is 0 Å². The van der Waals surface area contributed by atoms with Gasteiger partial charge in [0.25, 0.3) is 0 Å². The highest BCUT2D eigenvalue weighted by atomic mass is 15.1. The highest BCUT2D eigenvalue weighted by molar-refractivity contribution is 5.99. The first-order valence-electron chi connectivity index (χ1n) is 16.1. The molecule has 0 fully saturated rings. The Hall–Kier alpha value is -6.18. The zero-order valence-corrected chi connectivity index (χ0v) is 26.0. The molecule has 0 aliphatic carbocycles. The maximum Gasteiger partial charge on any atom is 0.0462 e. The Morgan fingerprint density at radius 2 is 0.638 bits per heavy atom. The van der Waals surface area contributed by atoms with Crippen LogP contribution in [0.3, 0.4) is 0 Å². The number of anilines is 3. The van der Waals surface area contributed by atoms with Gasteiger partial charge in [-0.1, -0.05) is 158 Å². The van der Waals surface area contributed by atoms with Crippen molar-refractivity contribution in [3.05, 3.63) is 200 Å². The summed E-state index contributed by atoms with van der Waals surface area (Å²) in [7, 11) is 0. The molecule has 0 radical (unpaired) electrons. The summed E-state index contributed by atoms with van der Waals surface area (Å²) in [5, 5.41) is 2.51. The fourth-order valence-corrected chi connectivity index (χ4v) is 6.44. The molecule has 0 unspecified atom stereocenters. The summed E-state index contributed by atoms with van der Waals surface area (Å²) >= 11 is 0. The standard InChI is InChI=1S/C46H33N/c1-4-11-34(12-5-1)36-21-27-42(28-22-36)47(43-29-23-37(24-30-43)35-13-6-2-7-14-35)44-31-25-38(26-32-44)41-20-19-40-17-10-18-45(46(40)33-41)39-15-8-3-9-16-39/h1-33H. The van der Waals surface area contributed by atoms with E-state index in [9.17, 15) is 0 Å². The summed E-state index contributed by atoms with van der Waals surface area (Å²) in [4.78, 5) is 2.33. The van der Waals surface area contributed by atoms with Crippen LogP contribution in [0.15, 0.2) is 200 Å². The van der Waals surface area contributed by atoms with E-state index < -0.39 is 0 Å². The molecule has 0 spiro atoms. The van der Waals surface area contributed by atoms with E-state index in [4.69, 9.17) is 0 Å². The second kappa shape index (κ2) is 12.7. The van der Waals surface area contributed by atoms with Crippen molar-refractivity contribution in [3.63, 3.8) is 0 Å². The van der Waals surface area contributed by atoms with Gasteiger partial charge in [0.15, 0.2) is 0 Å². The van der Waals surface area contributed by atoms with Crippen molar-refractivity contribution in [1.29, 1.82) is 0 Å². The van der Waals surface area contributed by atoms with Crippen LogP contribution in [0.2, 0.25) is 0 Å². The van der Waals surface area contributed by atoms with Crippen LogP contribution in [0.4, 0.5) is 17.1 Å². The van der Waals surface area contributed by atoms with Crippen LogP contribution in [-0.4, -0.2) is 0 Å². The van der Waals surface area contributed by atoms with Crippen LogP contribution in [0, 0.1) is 0 Å². The molecule has 8 rings (SSSR count). The van der Waals surface area contributed by atoms with Crippen LogP contribution in [0.1, 0.15) is 0 Å². The van der Waals surface area contributed by atoms with Crippen LogP contribution in [0.5, 0.6) is 0 Å². The van der Waals surface area contributed by atoms with Gasteiger partial charge in [-0.15, -0.1) is 0 Å². The first-order chi connectivity index (χ1) is 23.3. The van der Waals surface area contributed by atoms with Crippen molar-refractivity contribution < 1.29 is 0 Å². The average Bonchev–Trinajstić information content (AvgIpc) is 3.16. The number of rotatable bonds is 7. The van der Waals surface area contributed by atoms with Crippen molar-refractivity contribution in [1.82, 2.24) is 0 Å². The Kier molecular flexibility index (Phi) is 7.63. The van der Waals surface area contributed by atoms with Gasteiger partial charge in [-0.05, 0) is 97.7 Å². The lowest BCUT2D eigenvalue weighted by Crippen LogP contribution is -2.09. The van der Waals surface area contributed by atoms with E-state index in [0.29, 0.717) is 0 Å². The number of fused-ring (bicyclic) bond motifs is 1. The molecule has 0 aromatic heterocycles. The number of benzene rings is 8. The Morgan fingerprint density at radius 3 is 1.11 bits per heavy atom. The molecule has 0 aliphatic heterocycles. The largest absolute Gasteiger partial charge is 0.311 e. The lowest BCUT2D eigenvalue weighted by Gasteiger charge is -2.26. The van der Waals surface area contributed by atoms with Crippen molar-refractivity contribution in [3.8, 4) is 44.5 Å². The van der Waals surface area contributed by atoms with Crippen LogP contribution < -0.4 is 4.90 Å². The topological polar surface area (TPSA) is 3.24 Å². The van der Waals surface area contributed by atoms with E-state index in [1.165, 1.54) is 55.3 Å². The summed E-state index contributed by atoms with van der Waals surface area (Å²) < 4.78 is 0. The SMILES string of the molecule is c1ccc(-c2ccc(N(c3ccc(-c4ccccc4)cc3)c3ccc(-c4ccc5cccc(-c6ccccc6)c5c4)cc3)cc2)cc1. The molecule has 1 heteroatoms. The quantitative estimate of drug-likeness (QED) is 0.176. The Bertz CT molecular complexity index is 2150. The minimum atomic E-state index is 1.11. The second-order valence-corrected chi connectivity index (χ2v) is 11.8. The molecule has 0 atom stereocenters. The molecule has 47 heavy (non-hydrogen) atoms. The minimum Gasteiger partial charge on any atom is -0.311 e. The molecule has 0 saturated heterocycles. The van der Waals surface area contributed by atoms with Gasteiger partial charge in [-0.3, -0.25) is 0 Å². The molecule has 8 aromatic carbocycles. The third kappa shape index (κ3) is 5.83. The molecular weight excluding hydrogens is 567 g/mol. The van der Waals surface area contributed by atoms with Crippen LogP contribution in [-0.2, 0) is 0 Å². The summed E-state index contributed by atoms with van der Waals surface area (Å²) in [6.07, 6.45) is 0. The van der Waals surface area contributed by atoms with E-state index in [0.717, 1.165) is 17.1 Å². The molecule has 0 amide bonds. The Labute approximate surface area is 276 Å². The van der Waals surface area contributed by atoms with Gasteiger partial charge in [0.05, 0.1) is 0 Å². The molecule has 0 heterocycles. The van der Waals surface area contributed by atoms with Gasteiger partial charge in [-0.2, -0.15) is 0 Å². The molecular formula is C46H33N. The Morgan fingerprint density at radius 1 is 0.255 bits per heavy atom. The van der Waals surface area contributed by atoms with Gasteiger partial charge in [-0.25, -0.2) is 0 Å². The highest BCUT2D eigenvalue weighted by Crippen LogP contribution is 2.38. The van der Waals surface area contributed by atoms with E-state index in [1.807, 2.05) is 0 Å². The lowest BCUT2D eigenvalue weighted by molar-refractivity contribution is 1.28. The highest BCUT2D eigenvalue weighted by Gasteiger charge is 2.14. The maximum absolute atomic E-state index is 2.33. The predicted molar refractivity (Wildman–Crippen MR) is 200 cm³/mol.